The molecule has 0 saturated heterocycles. The van der Waals surface area contributed by atoms with E-state index in [1.54, 1.807) is 24.5 Å². The van der Waals surface area contributed by atoms with Crippen molar-refractivity contribution in [1.29, 1.82) is 0 Å². The minimum absolute atomic E-state index is 0.527. The number of pyridine rings is 1. The summed E-state index contributed by atoms with van der Waals surface area (Å²) < 4.78 is 0.806. The zero-order chi connectivity index (χ0) is 13.1. The smallest absolute Gasteiger partial charge is 0.0931 e. The third kappa shape index (κ3) is 3.22. The SMILES string of the molecule is C[C@@H](O)c1ccc(N(C)Cc2ccc(Cl)s2)cn1. The number of aliphatic hydroxyl groups excluding tert-OH is 1. The van der Waals surface area contributed by atoms with Gasteiger partial charge in [-0.25, -0.2) is 0 Å². The van der Waals surface area contributed by atoms with Gasteiger partial charge in [0.25, 0.3) is 0 Å². The number of thiophene rings is 1. The molecule has 2 aromatic heterocycles. The molecule has 0 aromatic carbocycles. The molecule has 0 amide bonds. The highest BCUT2D eigenvalue weighted by Crippen LogP contribution is 2.24. The van der Waals surface area contributed by atoms with Crippen molar-refractivity contribution in [3.05, 3.63) is 45.4 Å². The Hall–Kier alpha value is -1.10. The van der Waals surface area contributed by atoms with Crippen molar-refractivity contribution in [3.63, 3.8) is 0 Å². The van der Waals surface area contributed by atoms with E-state index in [2.05, 4.69) is 9.88 Å². The lowest BCUT2D eigenvalue weighted by Gasteiger charge is -2.18. The zero-order valence-electron chi connectivity index (χ0n) is 10.3. The van der Waals surface area contributed by atoms with Crippen LogP contribution in [0.5, 0.6) is 0 Å². The highest BCUT2D eigenvalue weighted by Gasteiger charge is 2.07. The molecule has 1 N–H and O–H groups in total. The van der Waals surface area contributed by atoms with Crippen LogP contribution in [0.15, 0.2) is 30.5 Å². The van der Waals surface area contributed by atoms with Gasteiger partial charge >= 0.3 is 0 Å². The second kappa shape index (κ2) is 5.69. The monoisotopic (exact) mass is 282 g/mol. The summed E-state index contributed by atoms with van der Waals surface area (Å²) in [6, 6.07) is 7.74. The number of aromatic nitrogens is 1. The minimum atomic E-state index is -0.527. The lowest BCUT2D eigenvalue weighted by molar-refractivity contribution is 0.194. The van der Waals surface area contributed by atoms with Crippen molar-refractivity contribution in [1.82, 2.24) is 4.98 Å². The van der Waals surface area contributed by atoms with Gasteiger partial charge in [-0.05, 0) is 31.2 Å². The largest absolute Gasteiger partial charge is 0.387 e. The lowest BCUT2D eigenvalue weighted by atomic mass is 10.2. The Bertz CT molecular complexity index is 510. The van der Waals surface area contributed by atoms with Crippen LogP contribution in [0, 0.1) is 0 Å². The molecule has 3 nitrogen and oxygen atoms in total. The fraction of sp³-hybridized carbons (Fsp3) is 0.308. The van der Waals surface area contributed by atoms with Crippen LogP contribution in [-0.2, 0) is 6.54 Å². The van der Waals surface area contributed by atoms with Crippen LogP contribution in [0.25, 0.3) is 0 Å². The van der Waals surface area contributed by atoms with Crippen LogP contribution >= 0.6 is 22.9 Å². The summed E-state index contributed by atoms with van der Waals surface area (Å²) in [6.45, 7) is 2.51. The van der Waals surface area contributed by atoms with E-state index >= 15 is 0 Å². The number of aliphatic hydroxyl groups is 1. The van der Waals surface area contributed by atoms with Crippen molar-refractivity contribution in [3.8, 4) is 0 Å². The molecule has 0 aliphatic carbocycles. The molecule has 0 radical (unpaired) electrons. The third-order valence-electron chi connectivity index (χ3n) is 2.66. The predicted octanol–water partition coefficient (Wildman–Crippen LogP) is 3.49. The van der Waals surface area contributed by atoms with Crippen LogP contribution < -0.4 is 4.90 Å². The lowest BCUT2D eigenvalue weighted by Crippen LogP contribution is -2.15. The zero-order valence-corrected chi connectivity index (χ0v) is 11.9. The molecular weight excluding hydrogens is 268 g/mol. The molecule has 96 valence electrons. The molecule has 5 heteroatoms. The molecule has 18 heavy (non-hydrogen) atoms. The molecule has 2 heterocycles. The Labute approximate surface area is 116 Å². The standard InChI is InChI=1S/C13H15ClN2OS/c1-9(17)12-5-3-10(7-15-12)16(2)8-11-4-6-13(14)18-11/h3-7,9,17H,8H2,1-2H3/t9-/m1/s1. The minimum Gasteiger partial charge on any atom is -0.387 e. The van der Waals surface area contributed by atoms with E-state index in [0.717, 1.165) is 16.6 Å². The molecule has 0 bridgehead atoms. The van der Waals surface area contributed by atoms with E-state index in [4.69, 9.17) is 11.6 Å². The molecule has 0 aliphatic heterocycles. The molecular formula is C13H15ClN2OS. The van der Waals surface area contributed by atoms with Gasteiger partial charge < -0.3 is 10.0 Å². The highest BCUT2D eigenvalue weighted by molar-refractivity contribution is 7.16. The summed E-state index contributed by atoms with van der Waals surface area (Å²) in [7, 11) is 2.01. The Kier molecular flexibility index (Phi) is 4.22. The number of anilines is 1. The number of rotatable bonds is 4. The molecule has 1 atom stereocenters. The highest BCUT2D eigenvalue weighted by atomic mass is 35.5. The first-order valence-corrected chi connectivity index (χ1v) is 6.85. The van der Waals surface area contributed by atoms with E-state index in [0.29, 0.717) is 5.69 Å². The van der Waals surface area contributed by atoms with Crippen LogP contribution in [-0.4, -0.2) is 17.1 Å². The summed E-state index contributed by atoms with van der Waals surface area (Å²) in [6.07, 6.45) is 1.25. The van der Waals surface area contributed by atoms with Gasteiger partial charge in [-0.3, -0.25) is 4.98 Å². The molecule has 0 fully saturated rings. The average Bonchev–Trinajstić information content (AvgIpc) is 2.75. The maximum Gasteiger partial charge on any atom is 0.0931 e. The second-order valence-electron chi connectivity index (χ2n) is 4.18. The first kappa shape index (κ1) is 13.3. The topological polar surface area (TPSA) is 36.4 Å². The van der Waals surface area contributed by atoms with Crippen LogP contribution in [0.4, 0.5) is 5.69 Å². The Morgan fingerprint density at radius 1 is 1.39 bits per heavy atom. The molecule has 2 rings (SSSR count). The maximum absolute atomic E-state index is 9.40. The first-order valence-electron chi connectivity index (χ1n) is 5.65. The maximum atomic E-state index is 9.40. The average molecular weight is 283 g/mol. The fourth-order valence-corrected chi connectivity index (χ4v) is 2.77. The number of hydrogen-bond donors (Lipinski definition) is 1. The number of halogens is 1. The van der Waals surface area contributed by atoms with E-state index in [-0.39, 0.29) is 0 Å². The van der Waals surface area contributed by atoms with Crippen LogP contribution in [0.2, 0.25) is 4.34 Å². The third-order valence-corrected chi connectivity index (χ3v) is 3.88. The second-order valence-corrected chi connectivity index (χ2v) is 5.98. The van der Waals surface area contributed by atoms with E-state index < -0.39 is 6.10 Å². The Balaban J connectivity index is 2.06. The van der Waals surface area contributed by atoms with Gasteiger partial charge in [-0.15, -0.1) is 11.3 Å². The van der Waals surface area contributed by atoms with E-state index in [1.807, 2.05) is 31.3 Å². The normalized spacial score (nSPS) is 12.4. The molecule has 0 spiro atoms. The fourth-order valence-electron chi connectivity index (χ4n) is 1.63. The summed E-state index contributed by atoms with van der Waals surface area (Å²) in [5.41, 5.74) is 1.70. The van der Waals surface area contributed by atoms with Crippen molar-refractivity contribution in [2.45, 2.75) is 19.6 Å². The summed E-state index contributed by atoms with van der Waals surface area (Å²) in [5, 5.41) is 9.40. The van der Waals surface area contributed by atoms with Crippen LogP contribution in [0.1, 0.15) is 23.6 Å². The quantitative estimate of drug-likeness (QED) is 0.933. The molecule has 0 saturated carbocycles. The van der Waals surface area contributed by atoms with Gasteiger partial charge in [-0.1, -0.05) is 11.6 Å². The van der Waals surface area contributed by atoms with Gasteiger partial charge in [0, 0.05) is 11.9 Å². The number of nitrogens with zero attached hydrogens (tertiary/aromatic N) is 2. The van der Waals surface area contributed by atoms with Crippen molar-refractivity contribution in [2.75, 3.05) is 11.9 Å². The van der Waals surface area contributed by atoms with Gasteiger partial charge in [0.05, 0.1) is 34.6 Å². The van der Waals surface area contributed by atoms with Gasteiger partial charge in [-0.2, -0.15) is 0 Å². The molecule has 2 aromatic rings. The van der Waals surface area contributed by atoms with E-state index in [1.165, 1.54) is 4.88 Å². The summed E-state index contributed by atoms with van der Waals surface area (Å²) >= 11 is 7.49. The van der Waals surface area contributed by atoms with Gasteiger partial charge in [0.15, 0.2) is 0 Å². The molecule has 0 aliphatic rings. The Morgan fingerprint density at radius 3 is 2.67 bits per heavy atom. The van der Waals surface area contributed by atoms with Crippen molar-refractivity contribution < 1.29 is 5.11 Å². The molecule has 0 unspecified atom stereocenters. The predicted molar refractivity (Wildman–Crippen MR) is 76.3 cm³/mol. The van der Waals surface area contributed by atoms with Gasteiger partial charge in [0.1, 0.15) is 0 Å². The van der Waals surface area contributed by atoms with Crippen LogP contribution in [0.3, 0.4) is 0 Å². The first-order chi connectivity index (χ1) is 8.56. The van der Waals surface area contributed by atoms with E-state index in [9.17, 15) is 5.11 Å². The van der Waals surface area contributed by atoms with Crippen molar-refractivity contribution in [2.24, 2.45) is 0 Å². The summed E-state index contributed by atoms with van der Waals surface area (Å²) in [4.78, 5) is 7.54. The van der Waals surface area contributed by atoms with Crippen molar-refractivity contribution >= 4 is 28.6 Å². The van der Waals surface area contributed by atoms with Gasteiger partial charge in [0.2, 0.25) is 0 Å². The summed E-state index contributed by atoms with van der Waals surface area (Å²) in [5.74, 6) is 0. The number of hydrogen-bond acceptors (Lipinski definition) is 4. The Morgan fingerprint density at radius 2 is 2.17 bits per heavy atom.